The number of hydrogen-bond donors (Lipinski definition) is 2. The van der Waals surface area contributed by atoms with Gasteiger partial charge in [0.05, 0.1) is 10.5 Å². The van der Waals surface area contributed by atoms with Gasteiger partial charge in [0.2, 0.25) is 0 Å². The fourth-order valence-corrected chi connectivity index (χ4v) is 2.26. The molecule has 0 unspecified atom stereocenters. The Labute approximate surface area is 110 Å². The summed E-state index contributed by atoms with van der Waals surface area (Å²) < 4.78 is 0. The first-order valence-electron chi connectivity index (χ1n) is 6.28. The number of pyridine rings is 1. The monoisotopic (exact) mass is 264 g/mol. The normalized spacial score (nSPS) is 16.0. The van der Waals surface area contributed by atoms with E-state index in [1.165, 1.54) is 12.5 Å². The molecule has 0 radical (unpaired) electrons. The van der Waals surface area contributed by atoms with Gasteiger partial charge in [0, 0.05) is 12.1 Å². The van der Waals surface area contributed by atoms with Crippen molar-refractivity contribution in [2.75, 3.05) is 5.73 Å². The van der Waals surface area contributed by atoms with Gasteiger partial charge in [0.25, 0.3) is 11.6 Å². The van der Waals surface area contributed by atoms with Crippen LogP contribution in [0.3, 0.4) is 0 Å². The van der Waals surface area contributed by atoms with Crippen LogP contribution in [0.25, 0.3) is 0 Å². The Morgan fingerprint density at radius 3 is 2.74 bits per heavy atom. The Bertz CT molecular complexity index is 498. The van der Waals surface area contributed by atoms with Gasteiger partial charge in [-0.2, -0.15) is 0 Å². The maximum absolute atomic E-state index is 12.1. The maximum Gasteiger partial charge on any atom is 0.288 e. The van der Waals surface area contributed by atoms with E-state index in [9.17, 15) is 14.9 Å². The highest BCUT2D eigenvalue weighted by atomic mass is 16.6. The van der Waals surface area contributed by atoms with Crippen molar-refractivity contribution in [3.05, 3.63) is 27.9 Å². The summed E-state index contributed by atoms with van der Waals surface area (Å²) in [6.45, 7) is 0. The third-order valence-electron chi connectivity index (χ3n) is 3.30. The van der Waals surface area contributed by atoms with Gasteiger partial charge in [-0.1, -0.05) is 19.3 Å². The van der Waals surface area contributed by atoms with Crippen molar-refractivity contribution in [1.82, 2.24) is 10.3 Å². The van der Waals surface area contributed by atoms with Gasteiger partial charge in [0.15, 0.2) is 0 Å². The van der Waals surface area contributed by atoms with E-state index in [4.69, 9.17) is 5.73 Å². The standard InChI is InChI=1S/C12H16N4O3/c13-11-10(6-9(7-14-11)16(18)19)12(17)15-8-4-2-1-3-5-8/h6-8H,1-5H2,(H2,13,14)(H,15,17). The van der Waals surface area contributed by atoms with E-state index in [0.29, 0.717) is 0 Å². The number of nitrogens with two attached hydrogens (primary N) is 1. The predicted octanol–water partition coefficient (Wildman–Crippen LogP) is 1.63. The fraction of sp³-hybridized carbons (Fsp3) is 0.500. The van der Waals surface area contributed by atoms with Gasteiger partial charge in [-0.3, -0.25) is 14.9 Å². The number of carbonyl (C=O) groups is 1. The first-order chi connectivity index (χ1) is 9.08. The minimum Gasteiger partial charge on any atom is -0.383 e. The van der Waals surface area contributed by atoms with Crippen molar-refractivity contribution in [1.29, 1.82) is 0 Å². The highest BCUT2D eigenvalue weighted by molar-refractivity contribution is 5.99. The van der Waals surface area contributed by atoms with Crippen LogP contribution >= 0.6 is 0 Å². The third-order valence-corrected chi connectivity index (χ3v) is 3.30. The van der Waals surface area contributed by atoms with E-state index in [1.807, 2.05) is 0 Å². The predicted molar refractivity (Wildman–Crippen MR) is 69.6 cm³/mol. The lowest BCUT2D eigenvalue weighted by Crippen LogP contribution is -2.36. The number of amides is 1. The summed E-state index contributed by atoms with van der Waals surface area (Å²) in [6.07, 6.45) is 6.29. The molecule has 1 saturated carbocycles. The van der Waals surface area contributed by atoms with E-state index >= 15 is 0 Å². The van der Waals surface area contributed by atoms with Crippen LogP contribution < -0.4 is 11.1 Å². The molecule has 1 fully saturated rings. The van der Waals surface area contributed by atoms with Crippen LogP contribution in [0.4, 0.5) is 11.5 Å². The summed E-state index contributed by atoms with van der Waals surface area (Å²) in [6, 6.07) is 1.29. The molecule has 0 spiro atoms. The van der Waals surface area contributed by atoms with Crippen LogP contribution in [-0.2, 0) is 0 Å². The zero-order valence-electron chi connectivity index (χ0n) is 10.5. The van der Waals surface area contributed by atoms with Crippen molar-refractivity contribution < 1.29 is 9.72 Å². The van der Waals surface area contributed by atoms with Crippen molar-refractivity contribution >= 4 is 17.4 Å². The minimum atomic E-state index is -0.593. The Morgan fingerprint density at radius 2 is 2.11 bits per heavy atom. The molecule has 3 N–H and O–H groups in total. The third kappa shape index (κ3) is 3.18. The number of rotatable bonds is 3. The molecule has 7 heteroatoms. The SMILES string of the molecule is Nc1ncc([N+](=O)[O-])cc1C(=O)NC1CCCCC1. The molecular weight excluding hydrogens is 248 g/mol. The molecule has 1 aromatic rings. The van der Waals surface area contributed by atoms with Crippen molar-refractivity contribution in [3.63, 3.8) is 0 Å². The molecule has 1 amide bonds. The summed E-state index contributed by atoms with van der Waals surface area (Å²) in [7, 11) is 0. The minimum absolute atomic E-state index is 0.0129. The van der Waals surface area contributed by atoms with E-state index < -0.39 is 4.92 Å². The Morgan fingerprint density at radius 1 is 1.42 bits per heavy atom. The number of nitrogens with one attached hydrogen (secondary N) is 1. The first kappa shape index (κ1) is 13.3. The molecular formula is C12H16N4O3. The molecule has 1 heterocycles. The average Bonchev–Trinajstić information content (AvgIpc) is 2.40. The lowest BCUT2D eigenvalue weighted by atomic mass is 9.95. The fourth-order valence-electron chi connectivity index (χ4n) is 2.26. The smallest absolute Gasteiger partial charge is 0.288 e. The molecule has 0 aliphatic heterocycles. The molecule has 0 atom stereocenters. The maximum atomic E-state index is 12.1. The Hall–Kier alpha value is -2.18. The number of nitro groups is 1. The van der Waals surface area contributed by atoms with Crippen LogP contribution in [-0.4, -0.2) is 21.9 Å². The second-order valence-electron chi connectivity index (χ2n) is 4.69. The molecule has 1 aliphatic rings. The van der Waals surface area contributed by atoms with Crippen molar-refractivity contribution in [3.8, 4) is 0 Å². The van der Waals surface area contributed by atoms with Crippen LogP contribution in [0.1, 0.15) is 42.5 Å². The van der Waals surface area contributed by atoms with Crippen molar-refractivity contribution in [2.24, 2.45) is 0 Å². The van der Waals surface area contributed by atoms with E-state index in [-0.39, 0.29) is 29.0 Å². The van der Waals surface area contributed by atoms with Gasteiger partial charge in [-0.25, -0.2) is 4.98 Å². The summed E-state index contributed by atoms with van der Waals surface area (Å²) >= 11 is 0. The Kier molecular flexibility index (Phi) is 3.94. The summed E-state index contributed by atoms with van der Waals surface area (Å²) in [5.74, 6) is -0.375. The van der Waals surface area contributed by atoms with Gasteiger partial charge in [-0.15, -0.1) is 0 Å². The Balaban J connectivity index is 2.13. The summed E-state index contributed by atoms with van der Waals surface area (Å²) in [5.41, 5.74) is 5.44. The number of nitrogen functional groups attached to an aromatic ring is 1. The molecule has 19 heavy (non-hydrogen) atoms. The lowest BCUT2D eigenvalue weighted by molar-refractivity contribution is -0.385. The first-order valence-corrected chi connectivity index (χ1v) is 6.28. The number of anilines is 1. The largest absolute Gasteiger partial charge is 0.383 e. The summed E-state index contributed by atoms with van der Waals surface area (Å²) in [4.78, 5) is 25.8. The zero-order chi connectivity index (χ0) is 13.8. The number of nitrogens with zero attached hydrogens (tertiary/aromatic N) is 2. The van der Waals surface area contributed by atoms with Crippen LogP contribution in [0.5, 0.6) is 0 Å². The molecule has 1 aromatic heterocycles. The van der Waals surface area contributed by atoms with Crippen molar-refractivity contribution in [2.45, 2.75) is 38.1 Å². The second kappa shape index (κ2) is 5.64. The van der Waals surface area contributed by atoms with Crippen LogP contribution in [0.15, 0.2) is 12.3 Å². The molecule has 1 aliphatic carbocycles. The van der Waals surface area contributed by atoms with Gasteiger partial charge in [-0.05, 0) is 12.8 Å². The number of aromatic nitrogens is 1. The molecule has 2 rings (SSSR count). The number of hydrogen-bond acceptors (Lipinski definition) is 5. The lowest BCUT2D eigenvalue weighted by Gasteiger charge is -2.22. The molecule has 0 aromatic carbocycles. The van der Waals surface area contributed by atoms with E-state index in [0.717, 1.165) is 31.9 Å². The van der Waals surface area contributed by atoms with Gasteiger partial charge in [0.1, 0.15) is 12.0 Å². The average molecular weight is 264 g/mol. The van der Waals surface area contributed by atoms with E-state index in [1.54, 1.807) is 0 Å². The van der Waals surface area contributed by atoms with Crippen LogP contribution in [0, 0.1) is 10.1 Å². The topological polar surface area (TPSA) is 111 Å². The molecule has 0 saturated heterocycles. The molecule has 102 valence electrons. The number of carbonyl (C=O) groups excluding carboxylic acids is 1. The zero-order valence-corrected chi connectivity index (χ0v) is 10.5. The van der Waals surface area contributed by atoms with Crippen LogP contribution in [0.2, 0.25) is 0 Å². The highest BCUT2D eigenvalue weighted by Gasteiger charge is 2.20. The molecule has 7 nitrogen and oxygen atoms in total. The second-order valence-corrected chi connectivity index (χ2v) is 4.69. The summed E-state index contributed by atoms with van der Waals surface area (Å²) in [5, 5.41) is 13.5. The van der Waals surface area contributed by atoms with Gasteiger partial charge < -0.3 is 11.1 Å². The highest BCUT2D eigenvalue weighted by Crippen LogP contribution is 2.20. The van der Waals surface area contributed by atoms with Gasteiger partial charge >= 0.3 is 0 Å². The van der Waals surface area contributed by atoms with E-state index in [2.05, 4.69) is 10.3 Å². The molecule has 0 bridgehead atoms. The quantitative estimate of drug-likeness (QED) is 0.636.